The van der Waals surface area contributed by atoms with Gasteiger partial charge in [0, 0.05) is 5.02 Å². The average molecular weight is 421 g/mol. The first-order valence-corrected chi connectivity index (χ1v) is 9.91. The van der Waals surface area contributed by atoms with Crippen LogP contribution in [-0.4, -0.2) is 48.9 Å². The number of esters is 1. The molecule has 2 saturated carbocycles. The smallest absolute Gasteiger partial charge is 0.326 e. The average Bonchev–Trinajstić information content (AvgIpc) is 3.37. The van der Waals surface area contributed by atoms with E-state index in [4.69, 9.17) is 21.1 Å². The number of carbonyl (C=O) groups excluding carboxylic acids is 4. The number of benzene rings is 1. The van der Waals surface area contributed by atoms with Gasteiger partial charge in [0.25, 0.3) is 5.91 Å². The summed E-state index contributed by atoms with van der Waals surface area (Å²) in [7, 11) is 1.45. The molecule has 4 atom stereocenters. The van der Waals surface area contributed by atoms with Gasteiger partial charge in [0.05, 0.1) is 24.6 Å². The summed E-state index contributed by atoms with van der Waals surface area (Å²) in [5.74, 6) is -1.61. The van der Waals surface area contributed by atoms with Gasteiger partial charge in [-0.15, -0.1) is 0 Å². The molecule has 1 N–H and O–H groups in total. The van der Waals surface area contributed by atoms with Crippen molar-refractivity contribution >= 4 is 41.0 Å². The maximum atomic E-state index is 12.6. The number of nitrogens with one attached hydrogen (secondary N) is 1. The molecule has 1 aromatic carbocycles. The van der Waals surface area contributed by atoms with E-state index in [-0.39, 0.29) is 35.5 Å². The second kappa shape index (κ2) is 7.67. The van der Waals surface area contributed by atoms with Crippen LogP contribution in [0.4, 0.5) is 5.69 Å². The standard InChI is InChI=1S/C20H21ClN2O6/c1-28-14-5-4-12(21)7-13(14)22-15(24)9-29-16(25)8-23-19(26)17-10-2-3-11(6-10)18(17)20(23)27/h4-5,7,10-11,17-18H,2-3,6,8-9H2,1H3,(H,22,24)/t10-,11-,17+,18+/m0/s1. The van der Waals surface area contributed by atoms with Crippen LogP contribution in [0.25, 0.3) is 0 Å². The molecule has 0 aromatic heterocycles. The van der Waals surface area contributed by atoms with Crippen molar-refractivity contribution in [3.05, 3.63) is 23.2 Å². The fourth-order valence-corrected chi connectivity index (χ4v) is 5.08. The van der Waals surface area contributed by atoms with Crippen LogP contribution in [0, 0.1) is 23.7 Å². The summed E-state index contributed by atoms with van der Waals surface area (Å²) in [4.78, 5) is 50.4. The van der Waals surface area contributed by atoms with Gasteiger partial charge < -0.3 is 14.8 Å². The number of carbonyl (C=O) groups is 4. The van der Waals surface area contributed by atoms with Crippen LogP contribution in [-0.2, 0) is 23.9 Å². The number of rotatable bonds is 6. The minimum Gasteiger partial charge on any atom is -0.495 e. The largest absolute Gasteiger partial charge is 0.495 e. The molecule has 3 amide bonds. The SMILES string of the molecule is COc1ccc(Cl)cc1NC(=O)COC(=O)CN1C(=O)[C@@H]2[C@H]3CC[C@@H](C3)[C@H]2C1=O. The summed E-state index contributed by atoms with van der Waals surface area (Å²) >= 11 is 5.91. The molecule has 2 bridgehead atoms. The number of likely N-dealkylation sites (tertiary alicyclic amines) is 1. The third-order valence-corrected chi connectivity index (χ3v) is 6.34. The van der Waals surface area contributed by atoms with Crippen molar-refractivity contribution < 1.29 is 28.7 Å². The Hall–Kier alpha value is -2.61. The molecule has 9 heteroatoms. The first-order valence-electron chi connectivity index (χ1n) is 9.53. The summed E-state index contributed by atoms with van der Waals surface area (Å²) in [5, 5.41) is 2.95. The molecule has 2 aliphatic carbocycles. The number of hydrogen-bond acceptors (Lipinski definition) is 6. The van der Waals surface area contributed by atoms with Crippen molar-refractivity contribution in [3.63, 3.8) is 0 Å². The van der Waals surface area contributed by atoms with Crippen LogP contribution in [0.5, 0.6) is 5.75 Å². The Kier molecular flexibility index (Phi) is 5.21. The number of anilines is 1. The molecular formula is C20H21ClN2O6. The Morgan fingerprint density at radius 1 is 1.17 bits per heavy atom. The van der Waals surface area contributed by atoms with Gasteiger partial charge in [-0.1, -0.05) is 11.6 Å². The topological polar surface area (TPSA) is 102 Å². The van der Waals surface area contributed by atoms with Gasteiger partial charge in [0.15, 0.2) is 6.61 Å². The molecule has 0 unspecified atom stereocenters. The lowest BCUT2D eigenvalue weighted by Crippen LogP contribution is -2.38. The first kappa shape index (κ1) is 19.7. The van der Waals surface area contributed by atoms with Crippen LogP contribution in [0.2, 0.25) is 5.02 Å². The van der Waals surface area contributed by atoms with Crippen molar-refractivity contribution in [3.8, 4) is 5.75 Å². The molecular weight excluding hydrogens is 400 g/mol. The zero-order valence-electron chi connectivity index (χ0n) is 15.9. The Labute approximate surface area is 172 Å². The molecule has 29 heavy (non-hydrogen) atoms. The molecule has 154 valence electrons. The van der Waals surface area contributed by atoms with Crippen LogP contribution in [0.1, 0.15) is 19.3 Å². The summed E-state index contributed by atoms with van der Waals surface area (Å²) in [5.41, 5.74) is 0.342. The number of amides is 3. The zero-order valence-corrected chi connectivity index (χ0v) is 16.6. The number of hydrogen-bond donors (Lipinski definition) is 1. The number of halogens is 1. The molecule has 1 saturated heterocycles. The predicted octanol–water partition coefficient (Wildman–Crippen LogP) is 1.86. The van der Waals surface area contributed by atoms with Crippen molar-refractivity contribution in [2.45, 2.75) is 19.3 Å². The van der Waals surface area contributed by atoms with Gasteiger partial charge >= 0.3 is 5.97 Å². The molecule has 0 spiro atoms. The molecule has 1 aliphatic heterocycles. The fraction of sp³-hybridized carbons (Fsp3) is 0.500. The molecule has 3 fully saturated rings. The van der Waals surface area contributed by atoms with Crippen LogP contribution in [0.3, 0.4) is 0 Å². The van der Waals surface area contributed by atoms with E-state index in [1.807, 2.05) is 0 Å². The molecule has 8 nitrogen and oxygen atoms in total. The normalized spacial score (nSPS) is 27.2. The lowest BCUT2D eigenvalue weighted by atomic mass is 9.81. The van der Waals surface area contributed by atoms with Crippen molar-refractivity contribution in [1.29, 1.82) is 0 Å². The van der Waals surface area contributed by atoms with Gasteiger partial charge in [0.2, 0.25) is 11.8 Å². The third-order valence-electron chi connectivity index (χ3n) is 6.11. The van der Waals surface area contributed by atoms with Gasteiger partial charge in [-0.25, -0.2) is 0 Å². The van der Waals surface area contributed by atoms with Gasteiger partial charge in [-0.05, 0) is 49.3 Å². The fourth-order valence-electron chi connectivity index (χ4n) is 4.91. The molecule has 3 aliphatic rings. The predicted molar refractivity (Wildman–Crippen MR) is 102 cm³/mol. The summed E-state index contributed by atoms with van der Waals surface area (Å²) < 4.78 is 10.1. The van der Waals surface area contributed by atoms with E-state index >= 15 is 0 Å². The Morgan fingerprint density at radius 3 is 2.45 bits per heavy atom. The molecule has 1 heterocycles. The maximum Gasteiger partial charge on any atom is 0.326 e. The number of ether oxygens (including phenoxy) is 2. The Morgan fingerprint density at radius 2 is 1.83 bits per heavy atom. The Balaban J connectivity index is 1.30. The number of methoxy groups -OCH3 is 1. The van der Waals surface area contributed by atoms with E-state index in [0.717, 1.165) is 24.2 Å². The van der Waals surface area contributed by atoms with Crippen molar-refractivity contribution in [1.82, 2.24) is 4.90 Å². The van der Waals surface area contributed by atoms with E-state index in [0.29, 0.717) is 16.5 Å². The lowest BCUT2D eigenvalue weighted by molar-refractivity contribution is -0.154. The number of nitrogens with zero attached hydrogens (tertiary/aromatic N) is 1. The number of imide groups is 1. The third kappa shape index (κ3) is 3.57. The highest BCUT2D eigenvalue weighted by Crippen LogP contribution is 2.56. The summed E-state index contributed by atoms with van der Waals surface area (Å²) in [6, 6.07) is 4.72. The Bertz CT molecular complexity index is 860. The van der Waals surface area contributed by atoms with E-state index in [1.54, 1.807) is 12.1 Å². The highest BCUT2D eigenvalue weighted by molar-refractivity contribution is 6.31. The van der Waals surface area contributed by atoms with Crippen LogP contribution in [0.15, 0.2) is 18.2 Å². The highest BCUT2D eigenvalue weighted by Gasteiger charge is 2.61. The maximum absolute atomic E-state index is 12.6. The molecule has 0 radical (unpaired) electrons. The zero-order chi connectivity index (χ0) is 20.7. The summed E-state index contributed by atoms with van der Waals surface area (Å²) in [6.45, 7) is -1.01. The van der Waals surface area contributed by atoms with E-state index in [2.05, 4.69) is 5.32 Å². The van der Waals surface area contributed by atoms with Crippen molar-refractivity contribution in [2.24, 2.45) is 23.7 Å². The molecule has 1 aromatic rings. The quantitative estimate of drug-likeness (QED) is 0.556. The second-order valence-corrected chi connectivity index (χ2v) is 8.14. The first-order chi connectivity index (χ1) is 13.9. The minimum absolute atomic E-state index is 0.251. The van der Waals surface area contributed by atoms with Crippen LogP contribution < -0.4 is 10.1 Å². The van der Waals surface area contributed by atoms with E-state index in [1.165, 1.54) is 13.2 Å². The highest BCUT2D eigenvalue weighted by atomic mass is 35.5. The van der Waals surface area contributed by atoms with Crippen LogP contribution >= 0.6 is 11.6 Å². The van der Waals surface area contributed by atoms with E-state index < -0.39 is 25.0 Å². The van der Waals surface area contributed by atoms with Crippen molar-refractivity contribution in [2.75, 3.05) is 25.6 Å². The van der Waals surface area contributed by atoms with Gasteiger partial charge in [-0.3, -0.25) is 24.1 Å². The number of fused-ring (bicyclic) bond motifs is 5. The molecule has 4 rings (SSSR count). The van der Waals surface area contributed by atoms with Gasteiger partial charge in [0.1, 0.15) is 12.3 Å². The van der Waals surface area contributed by atoms with Gasteiger partial charge in [-0.2, -0.15) is 0 Å². The van der Waals surface area contributed by atoms with E-state index in [9.17, 15) is 19.2 Å². The minimum atomic E-state index is -0.799. The second-order valence-electron chi connectivity index (χ2n) is 7.70. The lowest BCUT2D eigenvalue weighted by Gasteiger charge is -2.19. The monoisotopic (exact) mass is 420 g/mol. The summed E-state index contributed by atoms with van der Waals surface area (Å²) in [6.07, 6.45) is 2.87.